The van der Waals surface area contributed by atoms with Gasteiger partial charge in [-0.05, 0) is 64.4 Å². The van der Waals surface area contributed by atoms with Crippen LogP contribution in [0.4, 0.5) is 16.2 Å². The number of carbonyl (C=O) groups is 1. The second-order valence-corrected chi connectivity index (χ2v) is 11.0. The molecule has 10 heteroatoms. The van der Waals surface area contributed by atoms with E-state index in [1.807, 2.05) is 51.1 Å². The van der Waals surface area contributed by atoms with Crippen LogP contribution in [0.1, 0.15) is 33.6 Å². The number of carbonyl (C=O) groups excluding carboxylic acids is 1. The molecule has 0 unspecified atom stereocenters. The van der Waals surface area contributed by atoms with E-state index in [0.717, 1.165) is 86.5 Å². The Morgan fingerprint density at radius 1 is 0.683 bits per heavy atom. The van der Waals surface area contributed by atoms with Gasteiger partial charge in [0.15, 0.2) is 0 Å². The normalized spacial score (nSPS) is 16.0. The zero-order chi connectivity index (χ0) is 29.8. The molecule has 0 saturated carbocycles. The minimum absolute atomic E-state index is 0.244. The molecule has 2 aromatic rings. The third-order valence-electron chi connectivity index (χ3n) is 6.94. The smallest absolute Gasteiger partial charge is 0.410 e. The molecule has 2 aromatic carbocycles. The van der Waals surface area contributed by atoms with Crippen LogP contribution in [0.25, 0.3) is 0 Å². The number of benzene rings is 2. The van der Waals surface area contributed by atoms with Crippen molar-refractivity contribution in [2.24, 2.45) is 0 Å². The highest BCUT2D eigenvalue weighted by molar-refractivity contribution is 5.68. The lowest BCUT2D eigenvalue weighted by molar-refractivity contribution is 0.0263. The first-order chi connectivity index (χ1) is 19.7. The first-order valence-electron chi connectivity index (χ1n) is 14.3. The van der Waals surface area contributed by atoms with Crippen molar-refractivity contribution >= 4 is 17.5 Å². The van der Waals surface area contributed by atoms with E-state index in [2.05, 4.69) is 21.2 Å². The van der Waals surface area contributed by atoms with Gasteiger partial charge in [0, 0.05) is 57.9 Å². The van der Waals surface area contributed by atoms with E-state index in [4.69, 9.17) is 23.7 Å². The summed E-state index contributed by atoms with van der Waals surface area (Å²) in [6.45, 7) is 12.8. The van der Waals surface area contributed by atoms with Crippen molar-refractivity contribution in [3.05, 3.63) is 36.4 Å². The number of hydrogen-bond acceptors (Lipinski definition) is 9. The van der Waals surface area contributed by atoms with Crippen molar-refractivity contribution in [1.29, 1.82) is 0 Å². The molecule has 2 heterocycles. The molecule has 2 fully saturated rings. The number of anilines is 2. The molecular formula is C31H48N4O6. The molecule has 228 valence electrons. The van der Waals surface area contributed by atoms with Gasteiger partial charge in [-0.3, -0.25) is 0 Å². The van der Waals surface area contributed by atoms with Gasteiger partial charge in [0.2, 0.25) is 0 Å². The maximum absolute atomic E-state index is 12.3. The molecule has 2 aliphatic heterocycles. The quantitative estimate of drug-likeness (QED) is 0.532. The fraction of sp³-hybridized carbons (Fsp3) is 0.581. The number of nitrogens with zero attached hydrogens (tertiary/aromatic N) is 3. The summed E-state index contributed by atoms with van der Waals surface area (Å²) in [5.74, 6) is 3.26. The van der Waals surface area contributed by atoms with Crippen molar-refractivity contribution in [2.75, 3.05) is 90.6 Å². The molecule has 1 amide bonds. The topological polar surface area (TPSA) is 85.0 Å². The highest BCUT2D eigenvalue weighted by atomic mass is 16.6. The molecule has 0 radical (unpaired) electrons. The zero-order valence-corrected chi connectivity index (χ0v) is 25.8. The van der Waals surface area contributed by atoms with E-state index in [0.29, 0.717) is 13.1 Å². The summed E-state index contributed by atoms with van der Waals surface area (Å²) < 4.78 is 26.9. The second kappa shape index (κ2) is 15.5. The third kappa shape index (κ3) is 9.52. The number of rotatable bonds is 6. The summed E-state index contributed by atoms with van der Waals surface area (Å²) in [6.07, 6.45) is 1.80. The molecule has 4 rings (SSSR count). The van der Waals surface area contributed by atoms with Gasteiger partial charge >= 0.3 is 6.09 Å². The monoisotopic (exact) mass is 572 g/mol. The van der Waals surface area contributed by atoms with Crippen LogP contribution >= 0.6 is 0 Å². The SMILES string of the molecule is COc1ccc(N2CCCN(C(=O)OC(C)(C)C)CC2)c(OC)c1.COc1ccc(N2CCCNCC2)c(OC)c1. The predicted molar refractivity (Wildman–Crippen MR) is 163 cm³/mol. The summed E-state index contributed by atoms with van der Waals surface area (Å²) in [5.41, 5.74) is 1.70. The van der Waals surface area contributed by atoms with Gasteiger partial charge in [-0.1, -0.05) is 0 Å². The van der Waals surface area contributed by atoms with Gasteiger partial charge in [0.05, 0.1) is 39.8 Å². The molecule has 0 spiro atoms. The van der Waals surface area contributed by atoms with Crippen LogP contribution in [0.3, 0.4) is 0 Å². The summed E-state index contributed by atoms with van der Waals surface area (Å²) in [6, 6.07) is 11.8. The average molecular weight is 573 g/mol. The maximum Gasteiger partial charge on any atom is 0.410 e. The summed E-state index contributed by atoms with van der Waals surface area (Å²) in [7, 11) is 6.67. The Morgan fingerprint density at radius 2 is 1.24 bits per heavy atom. The van der Waals surface area contributed by atoms with Crippen LogP contribution in [0.2, 0.25) is 0 Å². The number of methoxy groups -OCH3 is 4. The van der Waals surface area contributed by atoms with Crippen molar-refractivity contribution in [1.82, 2.24) is 10.2 Å². The Morgan fingerprint density at radius 3 is 1.78 bits per heavy atom. The van der Waals surface area contributed by atoms with E-state index in [9.17, 15) is 4.79 Å². The average Bonchev–Trinajstić information content (AvgIpc) is 3.40. The molecule has 0 aliphatic carbocycles. The summed E-state index contributed by atoms with van der Waals surface area (Å²) in [4.78, 5) is 18.6. The largest absolute Gasteiger partial charge is 0.497 e. The number of ether oxygens (including phenoxy) is 5. The predicted octanol–water partition coefficient (Wildman–Crippen LogP) is 4.65. The number of nitrogens with one attached hydrogen (secondary N) is 1. The molecule has 0 atom stereocenters. The van der Waals surface area contributed by atoms with Crippen molar-refractivity contribution in [2.45, 2.75) is 39.2 Å². The van der Waals surface area contributed by atoms with Crippen LogP contribution in [0, 0.1) is 0 Å². The van der Waals surface area contributed by atoms with E-state index in [-0.39, 0.29) is 6.09 Å². The van der Waals surface area contributed by atoms with E-state index in [1.165, 1.54) is 0 Å². The van der Waals surface area contributed by atoms with Gasteiger partial charge in [-0.25, -0.2) is 4.79 Å². The minimum atomic E-state index is -0.470. The lowest BCUT2D eigenvalue weighted by atomic mass is 10.2. The zero-order valence-electron chi connectivity index (χ0n) is 25.8. The molecule has 10 nitrogen and oxygen atoms in total. The van der Waals surface area contributed by atoms with Gasteiger partial charge in [0.25, 0.3) is 0 Å². The van der Waals surface area contributed by atoms with Crippen LogP contribution in [0.15, 0.2) is 36.4 Å². The van der Waals surface area contributed by atoms with E-state index >= 15 is 0 Å². The van der Waals surface area contributed by atoms with Crippen LogP contribution < -0.4 is 34.1 Å². The van der Waals surface area contributed by atoms with E-state index in [1.54, 1.807) is 33.3 Å². The Kier molecular flexibility index (Phi) is 12.1. The Labute approximate surface area is 245 Å². The van der Waals surface area contributed by atoms with Crippen molar-refractivity contribution in [3.8, 4) is 23.0 Å². The number of amides is 1. The molecule has 2 saturated heterocycles. The van der Waals surface area contributed by atoms with Crippen LogP contribution in [-0.2, 0) is 4.74 Å². The van der Waals surface area contributed by atoms with Crippen LogP contribution in [-0.4, -0.2) is 97.4 Å². The van der Waals surface area contributed by atoms with E-state index < -0.39 is 5.60 Å². The first kappa shape index (κ1) is 32.0. The summed E-state index contributed by atoms with van der Waals surface area (Å²) >= 11 is 0. The van der Waals surface area contributed by atoms with Gasteiger partial charge in [-0.15, -0.1) is 0 Å². The molecule has 41 heavy (non-hydrogen) atoms. The van der Waals surface area contributed by atoms with Crippen molar-refractivity contribution in [3.63, 3.8) is 0 Å². The van der Waals surface area contributed by atoms with Crippen molar-refractivity contribution < 1.29 is 28.5 Å². The second-order valence-electron chi connectivity index (χ2n) is 11.0. The third-order valence-corrected chi connectivity index (χ3v) is 6.94. The van der Waals surface area contributed by atoms with Gasteiger partial charge < -0.3 is 43.7 Å². The standard InChI is InChI=1S/C18H28N2O4.C13H20N2O2/c1-18(2,3)24-17(21)20-10-6-9-19(11-12-20)15-8-7-14(22-4)13-16(15)23-5;1-16-11-4-5-12(13(10-11)17-2)15-8-3-6-14-7-9-15/h7-8,13H,6,9-12H2,1-5H3;4-5,10,14H,3,6-9H2,1-2H3. The minimum Gasteiger partial charge on any atom is -0.497 e. The molecular weight excluding hydrogens is 524 g/mol. The fourth-order valence-corrected chi connectivity index (χ4v) is 4.85. The Bertz CT molecular complexity index is 1100. The highest BCUT2D eigenvalue weighted by Gasteiger charge is 2.25. The van der Waals surface area contributed by atoms with Gasteiger partial charge in [-0.2, -0.15) is 0 Å². The lowest BCUT2D eigenvalue weighted by Crippen LogP contribution is -2.39. The van der Waals surface area contributed by atoms with Gasteiger partial charge in [0.1, 0.15) is 28.6 Å². The Balaban J connectivity index is 0.000000239. The van der Waals surface area contributed by atoms with Crippen LogP contribution in [0.5, 0.6) is 23.0 Å². The number of hydrogen-bond donors (Lipinski definition) is 1. The molecule has 0 aromatic heterocycles. The fourth-order valence-electron chi connectivity index (χ4n) is 4.85. The molecule has 1 N–H and O–H groups in total. The Hall–Kier alpha value is -3.53. The highest BCUT2D eigenvalue weighted by Crippen LogP contribution is 2.33. The lowest BCUT2D eigenvalue weighted by Gasteiger charge is -2.27. The molecule has 0 bridgehead atoms. The first-order valence-corrected chi connectivity index (χ1v) is 14.3. The maximum atomic E-state index is 12.3. The molecule has 2 aliphatic rings. The summed E-state index contributed by atoms with van der Waals surface area (Å²) in [5, 5.41) is 3.40.